The van der Waals surface area contributed by atoms with Gasteiger partial charge in [0.05, 0.1) is 12.0 Å². The molecule has 0 saturated heterocycles. The fourth-order valence-electron chi connectivity index (χ4n) is 5.97. The van der Waals surface area contributed by atoms with E-state index in [0.717, 1.165) is 38.4 Å². The molecule has 0 spiro atoms. The monoisotopic (exact) mass is 495 g/mol. The molecule has 4 bridgehead atoms. The third-order valence-electron chi connectivity index (χ3n) is 6.83. The lowest BCUT2D eigenvalue weighted by atomic mass is 9.53. The molecular weight excluding hydrogens is 470 g/mol. The van der Waals surface area contributed by atoms with Crippen LogP contribution in [0.25, 0.3) is 0 Å². The Bertz CT molecular complexity index is 930. The maximum absolute atomic E-state index is 12.5. The van der Waals surface area contributed by atoms with Gasteiger partial charge in [-0.2, -0.15) is 0 Å². The normalized spacial score (nSPS) is 30.3. The third-order valence-corrected chi connectivity index (χ3v) is 8.32. The van der Waals surface area contributed by atoms with Gasteiger partial charge in [0.2, 0.25) is 5.91 Å². The Morgan fingerprint density at radius 3 is 2.34 bits per heavy atom. The summed E-state index contributed by atoms with van der Waals surface area (Å²) in [5, 5.41) is 5.08. The number of carbonyl (C=O) groups is 1. The Balaban J connectivity index is 0.00000205. The molecule has 29 heavy (non-hydrogen) atoms. The fraction of sp³-hybridized carbons (Fsp3) is 0.545. The van der Waals surface area contributed by atoms with Gasteiger partial charge in [0.25, 0.3) is 0 Å². The topological polar surface area (TPSA) is 46.4 Å². The van der Waals surface area contributed by atoms with Crippen molar-refractivity contribution in [1.82, 2.24) is 4.57 Å². The summed E-state index contributed by atoms with van der Waals surface area (Å²) < 4.78 is 3.13. The quantitative estimate of drug-likeness (QED) is 0.612. The smallest absolute Gasteiger partial charge is 0.230 e. The number of nitrogens with zero attached hydrogens (tertiary/aromatic N) is 2. The van der Waals surface area contributed by atoms with Gasteiger partial charge in [0, 0.05) is 28.3 Å². The number of halogens is 2. The van der Waals surface area contributed by atoms with E-state index in [1.807, 2.05) is 24.3 Å². The average Bonchev–Trinajstić information content (AvgIpc) is 2.95. The average molecular weight is 497 g/mol. The molecule has 2 aromatic rings. The first kappa shape index (κ1) is 21.1. The second-order valence-electron chi connectivity index (χ2n) is 9.05. The van der Waals surface area contributed by atoms with Gasteiger partial charge in [0.15, 0.2) is 4.80 Å². The van der Waals surface area contributed by atoms with E-state index in [1.54, 1.807) is 11.3 Å². The number of thiazole rings is 1. The van der Waals surface area contributed by atoms with Crippen molar-refractivity contribution in [2.24, 2.45) is 29.8 Å². The second kappa shape index (κ2) is 8.20. The van der Waals surface area contributed by atoms with Gasteiger partial charge in [-0.25, -0.2) is 0 Å². The van der Waals surface area contributed by atoms with Crippen molar-refractivity contribution in [2.45, 2.75) is 50.5 Å². The van der Waals surface area contributed by atoms with E-state index in [2.05, 4.69) is 38.2 Å². The lowest BCUT2D eigenvalue weighted by molar-refractivity contribution is -0.115. The summed E-state index contributed by atoms with van der Waals surface area (Å²) in [6.07, 6.45) is 8.51. The molecule has 0 unspecified atom stereocenters. The van der Waals surface area contributed by atoms with Crippen molar-refractivity contribution in [1.29, 1.82) is 0 Å². The highest BCUT2D eigenvalue weighted by molar-refractivity contribution is 9.10. The number of carbonyl (C=O) groups excluding carboxylic acids is 1. The Labute approximate surface area is 190 Å². The van der Waals surface area contributed by atoms with E-state index in [1.165, 1.54) is 38.5 Å². The first-order chi connectivity index (χ1) is 13.5. The van der Waals surface area contributed by atoms with Crippen molar-refractivity contribution < 1.29 is 4.79 Å². The summed E-state index contributed by atoms with van der Waals surface area (Å²) in [5.74, 6) is 2.71. The lowest BCUT2D eigenvalue weighted by Gasteiger charge is -2.54. The highest BCUT2D eigenvalue weighted by Crippen LogP contribution is 2.57. The van der Waals surface area contributed by atoms with Gasteiger partial charge in [-0.1, -0.05) is 15.9 Å². The minimum absolute atomic E-state index is 0. The summed E-state index contributed by atoms with van der Waals surface area (Å²) in [6, 6.07) is 7.68. The molecule has 0 radical (unpaired) electrons. The van der Waals surface area contributed by atoms with Crippen molar-refractivity contribution >= 4 is 51.3 Å². The molecule has 7 heteroatoms. The van der Waals surface area contributed by atoms with E-state index in [-0.39, 0.29) is 23.9 Å². The number of hydrogen-bond acceptors (Lipinski definition) is 3. The fourth-order valence-corrected chi connectivity index (χ4v) is 7.24. The van der Waals surface area contributed by atoms with Crippen LogP contribution in [-0.2, 0) is 18.3 Å². The molecule has 4 fully saturated rings. The number of amides is 1. The van der Waals surface area contributed by atoms with Crippen LogP contribution >= 0.6 is 39.7 Å². The molecule has 4 aliphatic carbocycles. The van der Waals surface area contributed by atoms with E-state index < -0.39 is 0 Å². The molecule has 4 aliphatic rings. The Morgan fingerprint density at radius 2 is 1.76 bits per heavy atom. The number of benzene rings is 1. The zero-order valence-corrected chi connectivity index (χ0v) is 19.8. The maximum Gasteiger partial charge on any atom is 0.230 e. The van der Waals surface area contributed by atoms with Crippen molar-refractivity contribution in [3.63, 3.8) is 0 Å². The second-order valence-corrected chi connectivity index (χ2v) is 10.8. The van der Waals surface area contributed by atoms with Crippen LogP contribution in [-0.4, -0.2) is 16.0 Å². The molecule has 0 atom stereocenters. The molecule has 6 rings (SSSR count). The Hall–Kier alpha value is -1.11. The van der Waals surface area contributed by atoms with Crippen LogP contribution < -0.4 is 10.1 Å². The summed E-state index contributed by atoms with van der Waals surface area (Å²) >= 11 is 5.10. The van der Waals surface area contributed by atoms with Crippen molar-refractivity contribution in [3.8, 4) is 0 Å². The van der Waals surface area contributed by atoms with Crippen LogP contribution in [0.2, 0.25) is 0 Å². The van der Waals surface area contributed by atoms with E-state index in [9.17, 15) is 4.79 Å². The van der Waals surface area contributed by atoms with Gasteiger partial charge in [0.1, 0.15) is 0 Å². The number of hydrogen-bond donors (Lipinski definition) is 1. The lowest BCUT2D eigenvalue weighted by Crippen LogP contribution is -2.50. The molecule has 1 amide bonds. The van der Waals surface area contributed by atoms with Gasteiger partial charge >= 0.3 is 0 Å². The standard InChI is InChI=1S/C22H26BrN3OS.ClH/c1-26-19(9-20(27)24-18-4-2-17(23)3-5-18)13-28-21(26)25-22-10-14-6-15(11-22)8-16(7-14)12-22;/h2-5,13-16H,6-12H2,1H3,(H,24,27);1H. The predicted molar refractivity (Wildman–Crippen MR) is 123 cm³/mol. The molecule has 4 nitrogen and oxygen atoms in total. The summed E-state index contributed by atoms with van der Waals surface area (Å²) in [4.78, 5) is 18.9. The molecule has 1 heterocycles. The molecule has 1 aromatic carbocycles. The highest BCUT2D eigenvalue weighted by atomic mass is 79.9. The number of nitrogens with one attached hydrogen (secondary N) is 1. The van der Waals surface area contributed by atoms with E-state index in [4.69, 9.17) is 4.99 Å². The minimum atomic E-state index is 0. The molecule has 0 aliphatic heterocycles. The van der Waals surface area contributed by atoms with Crippen molar-refractivity contribution in [3.05, 3.63) is 44.6 Å². The van der Waals surface area contributed by atoms with Gasteiger partial charge in [-0.3, -0.25) is 9.79 Å². The van der Waals surface area contributed by atoms with Gasteiger partial charge in [-0.05, 0) is 80.5 Å². The molecule has 1 aromatic heterocycles. The SMILES string of the molecule is Cl.Cn1c(CC(=O)Nc2ccc(Br)cc2)csc1=NC12CC3CC(CC(C3)C1)C2. The summed E-state index contributed by atoms with van der Waals surface area (Å²) in [5.41, 5.74) is 2.03. The van der Waals surface area contributed by atoms with Crippen LogP contribution in [0.4, 0.5) is 5.69 Å². The number of aromatic nitrogens is 1. The zero-order chi connectivity index (χ0) is 19.3. The Morgan fingerprint density at radius 1 is 1.17 bits per heavy atom. The Kier molecular flexibility index (Phi) is 5.97. The van der Waals surface area contributed by atoms with Crippen LogP contribution in [0.5, 0.6) is 0 Å². The molecular formula is C22H27BrClN3OS. The van der Waals surface area contributed by atoms with Crippen LogP contribution in [0, 0.1) is 17.8 Å². The summed E-state index contributed by atoms with van der Waals surface area (Å²) in [7, 11) is 2.05. The predicted octanol–water partition coefficient (Wildman–Crippen LogP) is 5.32. The zero-order valence-electron chi connectivity index (χ0n) is 16.6. The molecule has 156 valence electrons. The number of rotatable bonds is 4. The molecule has 4 saturated carbocycles. The van der Waals surface area contributed by atoms with Gasteiger partial charge in [-0.15, -0.1) is 23.7 Å². The highest BCUT2D eigenvalue weighted by Gasteiger charge is 2.51. The first-order valence-electron chi connectivity index (χ1n) is 10.2. The maximum atomic E-state index is 12.5. The molecule has 1 N–H and O–H groups in total. The largest absolute Gasteiger partial charge is 0.326 e. The summed E-state index contributed by atoms with van der Waals surface area (Å²) in [6.45, 7) is 0. The van der Waals surface area contributed by atoms with Crippen LogP contribution in [0.3, 0.4) is 0 Å². The number of anilines is 1. The minimum Gasteiger partial charge on any atom is -0.326 e. The first-order valence-corrected chi connectivity index (χ1v) is 11.9. The van der Waals surface area contributed by atoms with Crippen LogP contribution in [0.1, 0.15) is 44.2 Å². The van der Waals surface area contributed by atoms with Crippen molar-refractivity contribution in [2.75, 3.05) is 5.32 Å². The van der Waals surface area contributed by atoms with E-state index in [0.29, 0.717) is 6.42 Å². The third kappa shape index (κ3) is 4.35. The van der Waals surface area contributed by atoms with Gasteiger partial charge < -0.3 is 9.88 Å². The van der Waals surface area contributed by atoms with E-state index >= 15 is 0 Å². The van der Waals surface area contributed by atoms with Crippen LogP contribution in [0.15, 0.2) is 39.1 Å².